The third kappa shape index (κ3) is 2.74. The molecule has 1 fully saturated rings. The van der Waals surface area contributed by atoms with E-state index in [0.29, 0.717) is 0 Å². The average molecular weight is 194 g/mol. The summed E-state index contributed by atoms with van der Waals surface area (Å²) in [5, 5.41) is 3.21. The van der Waals surface area contributed by atoms with Crippen LogP contribution in [-0.4, -0.2) is 36.5 Å². The second kappa shape index (κ2) is 5.66. The third-order valence-corrected chi connectivity index (χ3v) is 2.54. The van der Waals surface area contributed by atoms with E-state index < -0.39 is 0 Å². The van der Waals surface area contributed by atoms with Gasteiger partial charge < -0.3 is 10.2 Å². The fraction of sp³-hybridized carbons (Fsp3) is 0.727. The lowest BCUT2D eigenvalue weighted by molar-refractivity contribution is -0.135. The molecule has 14 heavy (non-hydrogen) atoms. The topological polar surface area (TPSA) is 32.3 Å². The molecule has 3 nitrogen and oxygen atoms in total. The van der Waals surface area contributed by atoms with Crippen molar-refractivity contribution >= 4 is 5.91 Å². The van der Waals surface area contributed by atoms with Crippen LogP contribution in [0.3, 0.4) is 0 Å². The van der Waals surface area contributed by atoms with Gasteiger partial charge in [0.2, 0.25) is 5.91 Å². The number of nitrogens with one attached hydrogen (secondary N) is 1. The van der Waals surface area contributed by atoms with Crippen molar-refractivity contribution in [2.24, 2.45) is 0 Å². The van der Waals surface area contributed by atoms with Gasteiger partial charge in [-0.25, -0.2) is 0 Å². The zero-order chi connectivity index (χ0) is 10.4. The average Bonchev–Trinajstić information content (AvgIpc) is 2.21. The van der Waals surface area contributed by atoms with E-state index in [4.69, 9.17) is 6.42 Å². The van der Waals surface area contributed by atoms with Crippen LogP contribution in [0.4, 0.5) is 0 Å². The molecular formula is C11H18N2O. The van der Waals surface area contributed by atoms with Gasteiger partial charge in [0.1, 0.15) is 0 Å². The van der Waals surface area contributed by atoms with E-state index in [9.17, 15) is 4.79 Å². The van der Waals surface area contributed by atoms with Crippen LogP contribution < -0.4 is 5.32 Å². The Kier molecular flexibility index (Phi) is 4.48. The van der Waals surface area contributed by atoms with Crippen molar-refractivity contribution in [2.45, 2.75) is 32.2 Å². The van der Waals surface area contributed by atoms with E-state index >= 15 is 0 Å². The van der Waals surface area contributed by atoms with E-state index in [1.54, 1.807) is 0 Å². The summed E-state index contributed by atoms with van der Waals surface area (Å²) in [5.41, 5.74) is 0. The first kappa shape index (κ1) is 11.1. The van der Waals surface area contributed by atoms with Crippen LogP contribution in [0.2, 0.25) is 0 Å². The van der Waals surface area contributed by atoms with Gasteiger partial charge >= 0.3 is 0 Å². The Hall–Kier alpha value is -1.01. The molecule has 3 heteroatoms. The first-order valence-corrected chi connectivity index (χ1v) is 5.25. The number of unbranched alkanes of at least 4 members (excludes halogenated alkanes) is 1. The lowest BCUT2D eigenvalue weighted by Gasteiger charge is -2.32. The first-order chi connectivity index (χ1) is 6.79. The maximum Gasteiger partial charge on any atom is 0.239 e. The number of carbonyl (C=O) groups excluding carboxylic acids is 1. The number of piperazine rings is 1. The van der Waals surface area contributed by atoms with Crippen LogP contribution in [0.15, 0.2) is 0 Å². The van der Waals surface area contributed by atoms with E-state index in [1.807, 2.05) is 11.8 Å². The van der Waals surface area contributed by atoms with E-state index in [-0.39, 0.29) is 11.9 Å². The summed E-state index contributed by atoms with van der Waals surface area (Å²) in [6.45, 7) is 4.56. The quantitative estimate of drug-likeness (QED) is 0.525. The summed E-state index contributed by atoms with van der Waals surface area (Å²) in [6.07, 6.45) is 7.71. The first-order valence-electron chi connectivity index (χ1n) is 5.25. The number of rotatable bonds is 4. The highest BCUT2D eigenvalue weighted by Crippen LogP contribution is 2.05. The van der Waals surface area contributed by atoms with Crippen LogP contribution in [0.25, 0.3) is 0 Å². The Balaban J connectivity index is 2.37. The molecule has 1 aliphatic rings. The van der Waals surface area contributed by atoms with Crippen molar-refractivity contribution in [2.75, 3.05) is 19.6 Å². The van der Waals surface area contributed by atoms with Gasteiger partial charge in [0.05, 0.1) is 6.04 Å². The molecule has 0 spiro atoms. The van der Waals surface area contributed by atoms with E-state index in [1.165, 1.54) is 0 Å². The highest BCUT2D eigenvalue weighted by atomic mass is 16.2. The van der Waals surface area contributed by atoms with Gasteiger partial charge in [0.25, 0.3) is 0 Å². The predicted octanol–water partition coefficient (Wildman–Crippen LogP) is 0.610. The van der Waals surface area contributed by atoms with Gasteiger partial charge in [0, 0.05) is 26.1 Å². The summed E-state index contributed by atoms with van der Waals surface area (Å²) in [6, 6.07) is 0.0228. The molecule has 1 rings (SSSR count). The normalized spacial score (nSPS) is 22.1. The Morgan fingerprint density at radius 2 is 2.50 bits per heavy atom. The minimum Gasteiger partial charge on any atom is -0.340 e. The summed E-state index contributed by atoms with van der Waals surface area (Å²) >= 11 is 0. The molecule has 0 aliphatic carbocycles. The minimum absolute atomic E-state index is 0.0228. The van der Waals surface area contributed by atoms with Crippen LogP contribution in [0.1, 0.15) is 26.2 Å². The minimum atomic E-state index is 0.0228. The van der Waals surface area contributed by atoms with Crippen molar-refractivity contribution < 1.29 is 4.79 Å². The zero-order valence-corrected chi connectivity index (χ0v) is 8.75. The largest absolute Gasteiger partial charge is 0.340 e. The highest BCUT2D eigenvalue weighted by molar-refractivity contribution is 5.82. The maximum absolute atomic E-state index is 11.8. The van der Waals surface area contributed by atoms with Gasteiger partial charge in [-0.2, -0.15) is 0 Å². The molecule has 1 heterocycles. The summed E-state index contributed by atoms with van der Waals surface area (Å²) < 4.78 is 0. The summed E-state index contributed by atoms with van der Waals surface area (Å²) in [7, 11) is 0. The highest BCUT2D eigenvalue weighted by Gasteiger charge is 2.25. The fourth-order valence-corrected chi connectivity index (χ4v) is 1.70. The molecule has 0 saturated carbocycles. The molecule has 1 saturated heterocycles. The third-order valence-electron chi connectivity index (χ3n) is 2.54. The molecule has 1 atom stereocenters. The molecule has 1 aliphatic heterocycles. The number of hydrogen-bond acceptors (Lipinski definition) is 2. The number of carbonyl (C=O) groups is 1. The van der Waals surface area contributed by atoms with E-state index in [0.717, 1.165) is 38.9 Å². The lowest BCUT2D eigenvalue weighted by atomic mass is 10.1. The summed E-state index contributed by atoms with van der Waals surface area (Å²) in [5.74, 6) is 2.83. The van der Waals surface area contributed by atoms with Crippen LogP contribution in [-0.2, 0) is 4.79 Å². The van der Waals surface area contributed by atoms with Crippen molar-refractivity contribution in [1.29, 1.82) is 0 Å². The number of terminal acetylenes is 1. The van der Waals surface area contributed by atoms with Crippen molar-refractivity contribution in [3.63, 3.8) is 0 Å². The molecule has 78 valence electrons. The van der Waals surface area contributed by atoms with Crippen LogP contribution >= 0.6 is 0 Å². The van der Waals surface area contributed by atoms with Crippen LogP contribution in [0.5, 0.6) is 0 Å². The second-order valence-electron chi connectivity index (χ2n) is 3.55. The van der Waals surface area contributed by atoms with Crippen molar-refractivity contribution in [1.82, 2.24) is 10.2 Å². The molecule has 0 bridgehead atoms. The number of hydrogen-bond donors (Lipinski definition) is 1. The van der Waals surface area contributed by atoms with Crippen molar-refractivity contribution in [3.05, 3.63) is 0 Å². The molecule has 1 N–H and O–H groups in total. The summed E-state index contributed by atoms with van der Waals surface area (Å²) in [4.78, 5) is 13.7. The Bertz CT molecular complexity index is 232. The fourth-order valence-electron chi connectivity index (χ4n) is 1.70. The van der Waals surface area contributed by atoms with Crippen molar-refractivity contribution in [3.8, 4) is 12.3 Å². The zero-order valence-electron chi connectivity index (χ0n) is 8.75. The molecule has 1 unspecified atom stereocenters. The number of amides is 1. The smallest absolute Gasteiger partial charge is 0.239 e. The van der Waals surface area contributed by atoms with Gasteiger partial charge in [-0.3, -0.25) is 4.79 Å². The number of nitrogens with zero attached hydrogens (tertiary/aromatic N) is 1. The van der Waals surface area contributed by atoms with Gasteiger partial charge in [0.15, 0.2) is 0 Å². The Morgan fingerprint density at radius 3 is 3.14 bits per heavy atom. The predicted molar refractivity (Wildman–Crippen MR) is 56.7 cm³/mol. The molecule has 0 radical (unpaired) electrons. The van der Waals surface area contributed by atoms with Gasteiger partial charge in [-0.05, 0) is 12.8 Å². The molecule has 0 aromatic heterocycles. The maximum atomic E-state index is 11.8. The van der Waals surface area contributed by atoms with Gasteiger partial charge in [-0.15, -0.1) is 12.3 Å². The molecule has 1 amide bonds. The Labute approximate surface area is 85.9 Å². The molecule has 0 aromatic rings. The Morgan fingerprint density at radius 1 is 1.71 bits per heavy atom. The monoisotopic (exact) mass is 194 g/mol. The van der Waals surface area contributed by atoms with Crippen LogP contribution in [0, 0.1) is 12.3 Å². The lowest BCUT2D eigenvalue weighted by Crippen LogP contribution is -2.54. The standard InChI is InChI=1S/C11H18N2O/c1-3-5-6-8-13-9-7-12-10(4-2)11(13)14/h1,10,12H,4-9H2,2H3. The SMILES string of the molecule is C#CCCCN1CCNC(CC)C1=O. The van der Waals surface area contributed by atoms with Gasteiger partial charge in [-0.1, -0.05) is 6.92 Å². The second-order valence-corrected chi connectivity index (χ2v) is 3.55. The van der Waals surface area contributed by atoms with E-state index in [2.05, 4.69) is 11.2 Å². The molecular weight excluding hydrogens is 176 g/mol. The molecule has 0 aromatic carbocycles.